The molecule has 21 heavy (non-hydrogen) atoms. The predicted molar refractivity (Wildman–Crippen MR) is 81.7 cm³/mol. The van der Waals surface area contributed by atoms with Gasteiger partial charge in [0.2, 0.25) is 0 Å². The van der Waals surface area contributed by atoms with Gasteiger partial charge < -0.3 is 16.2 Å². The first-order valence-corrected chi connectivity index (χ1v) is 6.53. The van der Waals surface area contributed by atoms with Crippen molar-refractivity contribution in [2.75, 3.05) is 5.32 Å². The Morgan fingerprint density at radius 2 is 1.76 bits per heavy atom. The van der Waals surface area contributed by atoms with Crippen molar-refractivity contribution in [3.63, 3.8) is 0 Å². The molecule has 5 nitrogen and oxygen atoms in total. The van der Waals surface area contributed by atoms with Crippen molar-refractivity contribution in [2.45, 2.75) is 0 Å². The van der Waals surface area contributed by atoms with Crippen LogP contribution in [-0.2, 0) is 0 Å². The van der Waals surface area contributed by atoms with Crippen LogP contribution < -0.4 is 11.1 Å². The van der Waals surface area contributed by atoms with Gasteiger partial charge >= 0.3 is 5.97 Å². The molecule has 0 atom stereocenters. The van der Waals surface area contributed by atoms with Gasteiger partial charge in [-0.2, -0.15) is 0 Å². The molecule has 2 aromatic rings. The molecular formula is C14H10Cl2N2O3. The number of carbonyl (C=O) groups excluding carboxylic acids is 1. The molecule has 108 valence electrons. The lowest BCUT2D eigenvalue weighted by Crippen LogP contribution is -2.13. The molecule has 0 saturated heterocycles. The molecule has 0 aliphatic heterocycles. The molecule has 7 heteroatoms. The normalized spacial score (nSPS) is 10.2. The van der Waals surface area contributed by atoms with E-state index < -0.39 is 11.9 Å². The van der Waals surface area contributed by atoms with Gasteiger partial charge in [-0.3, -0.25) is 4.79 Å². The minimum Gasteiger partial charge on any atom is -0.478 e. The van der Waals surface area contributed by atoms with Crippen LogP contribution in [0.5, 0.6) is 0 Å². The lowest BCUT2D eigenvalue weighted by atomic mass is 10.1. The highest BCUT2D eigenvalue weighted by Gasteiger charge is 2.12. The number of hydrogen-bond donors (Lipinski definition) is 3. The van der Waals surface area contributed by atoms with Gasteiger partial charge in [-0.1, -0.05) is 23.2 Å². The van der Waals surface area contributed by atoms with Crippen LogP contribution in [0, 0.1) is 0 Å². The molecule has 0 saturated carbocycles. The molecule has 4 N–H and O–H groups in total. The number of nitrogens with one attached hydrogen (secondary N) is 1. The fourth-order valence-electron chi connectivity index (χ4n) is 1.76. The molecule has 0 heterocycles. The van der Waals surface area contributed by atoms with Crippen molar-refractivity contribution in [1.82, 2.24) is 0 Å². The molecular weight excluding hydrogens is 315 g/mol. The van der Waals surface area contributed by atoms with E-state index in [-0.39, 0.29) is 16.1 Å². The molecule has 0 fully saturated rings. The van der Waals surface area contributed by atoms with Crippen LogP contribution in [0.1, 0.15) is 20.7 Å². The zero-order chi connectivity index (χ0) is 15.6. The van der Waals surface area contributed by atoms with Gasteiger partial charge in [-0.15, -0.1) is 0 Å². The SMILES string of the molecule is NC(=O)c1ccc(Cl)cc1Nc1ccc(Cl)c(C(=O)O)c1. The van der Waals surface area contributed by atoms with Crippen LogP contribution in [0.25, 0.3) is 0 Å². The van der Waals surface area contributed by atoms with Crippen LogP contribution in [0.3, 0.4) is 0 Å². The number of halogens is 2. The third-order valence-corrected chi connectivity index (χ3v) is 3.29. The smallest absolute Gasteiger partial charge is 0.337 e. The average Bonchev–Trinajstić information content (AvgIpc) is 2.40. The Balaban J connectivity index is 2.43. The fraction of sp³-hybridized carbons (Fsp3) is 0. The molecule has 0 spiro atoms. The molecule has 2 rings (SSSR count). The van der Waals surface area contributed by atoms with Crippen molar-refractivity contribution in [1.29, 1.82) is 0 Å². The number of carbonyl (C=O) groups is 2. The standard InChI is InChI=1S/C14H10Cl2N2O3/c15-7-1-3-9(13(17)19)12(5-7)18-8-2-4-11(16)10(6-8)14(20)21/h1-6,18H,(H2,17,19)(H,20,21). The van der Waals surface area contributed by atoms with E-state index in [1.807, 2.05) is 0 Å². The van der Waals surface area contributed by atoms with Crippen LogP contribution in [0.15, 0.2) is 36.4 Å². The molecule has 0 radical (unpaired) electrons. The molecule has 2 aromatic carbocycles. The molecule has 1 amide bonds. The number of anilines is 2. The van der Waals surface area contributed by atoms with E-state index >= 15 is 0 Å². The third-order valence-electron chi connectivity index (χ3n) is 2.72. The topological polar surface area (TPSA) is 92.4 Å². The van der Waals surface area contributed by atoms with Crippen LogP contribution in [0.2, 0.25) is 10.0 Å². The number of amides is 1. The number of carboxylic acid groups (broad SMARTS) is 1. The fourth-order valence-corrected chi connectivity index (χ4v) is 2.13. The second kappa shape index (κ2) is 6.03. The number of rotatable bonds is 4. The first-order valence-electron chi connectivity index (χ1n) is 5.77. The predicted octanol–water partition coefficient (Wildman–Crippen LogP) is 3.53. The number of hydrogen-bond acceptors (Lipinski definition) is 3. The lowest BCUT2D eigenvalue weighted by molar-refractivity contribution is 0.0697. The second-order valence-corrected chi connectivity index (χ2v) is 5.02. The summed E-state index contributed by atoms with van der Waals surface area (Å²) in [5.74, 6) is -1.77. The van der Waals surface area contributed by atoms with Crippen molar-refractivity contribution in [3.8, 4) is 0 Å². The largest absolute Gasteiger partial charge is 0.478 e. The van der Waals surface area contributed by atoms with Gasteiger partial charge in [0.1, 0.15) is 0 Å². The Morgan fingerprint density at radius 3 is 2.38 bits per heavy atom. The van der Waals surface area contributed by atoms with E-state index in [1.165, 1.54) is 30.3 Å². The molecule has 0 unspecified atom stereocenters. The van der Waals surface area contributed by atoms with Crippen molar-refractivity contribution < 1.29 is 14.7 Å². The number of nitrogens with two attached hydrogens (primary N) is 1. The minimum absolute atomic E-state index is 0.0516. The lowest BCUT2D eigenvalue weighted by Gasteiger charge is -2.11. The summed E-state index contributed by atoms with van der Waals surface area (Å²) in [6.07, 6.45) is 0. The van der Waals surface area contributed by atoms with Gasteiger partial charge in [0.05, 0.1) is 21.8 Å². The second-order valence-electron chi connectivity index (χ2n) is 4.18. The summed E-state index contributed by atoms with van der Waals surface area (Å²) in [6, 6.07) is 8.94. The number of primary amides is 1. The van der Waals surface area contributed by atoms with Gasteiger partial charge in [-0.25, -0.2) is 4.79 Å². The van der Waals surface area contributed by atoms with Gasteiger partial charge in [0, 0.05) is 10.7 Å². The Labute approximate surface area is 130 Å². The first kappa shape index (κ1) is 15.2. The van der Waals surface area contributed by atoms with Crippen molar-refractivity contribution in [3.05, 3.63) is 57.6 Å². The van der Waals surface area contributed by atoms with E-state index in [1.54, 1.807) is 6.07 Å². The van der Waals surface area contributed by atoms with Gasteiger partial charge in [0.15, 0.2) is 0 Å². The highest BCUT2D eigenvalue weighted by molar-refractivity contribution is 6.33. The first-order chi connectivity index (χ1) is 9.88. The van der Waals surface area contributed by atoms with Crippen molar-refractivity contribution >= 4 is 46.5 Å². The highest BCUT2D eigenvalue weighted by atomic mass is 35.5. The molecule has 0 aliphatic rings. The summed E-state index contributed by atoms with van der Waals surface area (Å²) >= 11 is 11.7. The van der Waals surface area contributed by atoms with E-state index in [4.69, 9.17) is 34.0 Å². The maximum absolute atomic E-state index is 11.4. The minimum atomic E-state index is -1.15. The van der Waals surface area contributed by atoms with Crippen LogP contribution in [-0.4, -0.2) is 17.0 Å². The highest BCUT2D eigenvalue weighted by Crippen LogP contribution is 2.27. The van der Waals surface area contributed by atoms with E-state index in [9.17, 15) is 9.59 Å². The van der Waals surface area contributed by atoms with Crippen LogP contribution in [0.4, 0.5) is 11.4 Å². The Hall–Kier alpha value is -2.24. The molecule has 0 bridgehead atoms. The van der Waals surface area contributed by atoms with E-state index in [0.29, 0.717) is 16.4 Å². The zero-order valence-electron chi connectivity index (χ0n) is 10.6. The van der Waals surface area contributed by atoms with Crippen LogP contribution >= 0.6 is 23.2 Å². The van der Waals surface area contributed by atoms with E-state index in [0.717, 1.165) is 0 Å². The van der Waals surface area contributed by atoms with Gasteiger partial charge in [0.25, 0.3) is 5.91 Å². The van der Waals surface area contributed by atoms with Crippen molar-refractivity contribution in [2.24, 2.45) is 5.73 Å². The maximum Gasteiger partial charge on any atom is 0.337 e. The zero-order valence-corrected chi connectivity index (χ0v) is 12.1. The summed E-state index contributed by atoms with van der Waals surface area (Å²) in [5.41, 5.74) is 6.30. The Morgan fingerprint density at radius 1 is 1.05 bits per heavy atom. The maximum atomic E-state index is 11.4. The summed E-state index contributed by atoms with van der Waals surface area (Å²) in [4.78, 5) is 22.4. The molecule has 0 aromatic heterocycles. The van der Waals surface area contributed by atoms with E-state index in [2.05, 4.69) is 5.32 Å². The number of carboxylic acids is 1. The van der Waals surface area contributed by atoms with Gasteiger partial charge in [-0.05, 0) is 36.4 Å². The Kier molecular flexibility index (Phi) is 4.35. The summed E-state index contributed by atoms with van der Waals surface area (Å²) in [5, 5.41) is 12.5. The average molecular weight is 325 g/mol. The quantitative estimate of drug-likeness (QED) is 0.802. The third kappa shape index (κ3) is 3.45. The number of benzene rings is 2. The number of aromatic carboxylic acids is 1. The summed E-state index contributed by atoms with van der Waals surface area (Å²) < 4.78 is 0. The molecule has 0 aliphatic carbocycles. The monoisotopic (exact) mass is 324 g/mol. The summed E-state index contributed by atoms with van der Waals surface area (Å²) in [7, 11) is 0. The Bertz CT molecular complexity index is 732. The summed E-state index contributed by atoms with van der Waals surface area (Å²) in [6.45, 7) is 0.